The van der Waals surface area contributed by atoms with Crippen molar-refractivity contribution in [2.24, 2.45) is 10.7 Å². The second-order valence-electron chi connectivity index (χ2n) is 7.64. The molecule has 3 rings (SSSR count). The van der Waals surface area contributed by atoms with Gasteiger partial charge in [-0.25, -0.2) is 4.68 Å². The van der Waals surface area contributed by atoms with Crippen LogP contribution in [0.2, 0.25) is 0 Å². The summed E-state index contributed by atoms with van der Waals surface area (Å²) in [5, 5.41) is 16.0. The van der Waals surface area contributed by atoms with Gasteiger partial charge in [-0.3, -0.25) is 15.1 Å². The van der Waals surface area contributed by atoms with Gasteiger partial charge in [0.25, 0.3) is 0 Å². The van der Waals surface area contributed by atoms with Crippen molar-refractivity contribution in [1.29, 1.82) is 0 Å². The first kappa shape index (κ1) is 22.6. The first-order chi connectivity index (χ1) is 14.4. The Labute approximate surface area is 176 Å². The van der Waals surface area contributed by atoms with Gasteiger partial charge in [-0.1, -0.05) is 0 Å². The number of aromatic nitrogens is 2. The molecule has 0 spiro atoms. The fraction of sp³-hybridized carbons (Fsp3) is 0.789. The first-order valence-electron chi connectivity index (χ1n) is 10.6. The summed E-state index contributed by atoms with van der Waals surface area (Å²) in [6.07, 6.45) is 4.38. The van der Waals surface area contributed by atoms with E-state index in [0.29, 0.717) is 32.8 Å². The Balaban J connectivity index is 1.95. The minimum absolute atomic E-state index is 0.000315. The molecule has 168 valence electrons. The molecule has 0 aromatic carbocycles. The van der Waals surface area contributed by atoms with Gasteiger partial charge in [-0.2, -0.15) is 5.10 Å². The molecule has 2 aliphatic heterocycles. The van der Waals surface area contributed by atoms with Crippen molar-refractivity contribution >= 4 is 11.5 Å². The Kier molecular flexibility index (Phi) is 7.40. The van der Waals surface area contributed by atoms with Crippen molar-refractivity contribution in [2.45, 2.75) is 57.6 Å². The maximum atomic E-state index is 11.6. The quantitative estimate of drug-likeness (QED) is 0.219. The third-order valence-electron chi connectivity index (χ3n) is 5.51. The van der Waals surface area contributed by atoms with Crippen molar-refractivity contribution in [3.05, 3.63) is 22.0 Å². The van der Waals surface area contributed by atoms with Crippen LogP contribution in [0.4, 0.5) is 5.69 Å². The monoisotopic (exact) mass is 424 g/mol. The summed E-state index contributed by atoms with van der Waals surface area (Å²) in [5.74, 6) is -0.912. The lowest BCUT2D eigenvalue weighted by Crippen LogP contribution is -2.57. The molecule has 11 nitrogen and oxygen atoms in total. The van der Waals surface area contributed by atoms with Crippen LogP contribution in [0.25, 0.3) is 0 Å². The molecule has 0 aliphatic carbocycles. The van der Waals surface area contributed by atoms with Gasteiger partial charge >= 0.3 is 5.69 Å². The zero-order valence-corrected chi connectivity index (χ0v) is 18.0. The highest BCUT2D eigenvalue weighted by atomic mass is 16.7. The lowest BCUT2D eigenvalue weighted by molar-refractivity contribution is -0.385. The molecule has 3 heterocycles. The van der Waals surface area contributed by atoms with E-state index in [9.17, 15) is 10.1 Å². The van der Waals surface area contributed by atoms with Gasteiger partial charge in [0.1, 0.15) is 18.5 Å². The number of nitro groups is 1. The van der Waals surface area contributed by atoms with Gasteiger partial charge in [-0.15, -0.1) is 0 Å². The Hall–Kier alpha value is -2.08. The second-order valence-corrected chi connectivity index (χ2v) is 7.64. The number of likely N-dealkylation sites (N-methyl/N-ethyl adjacent to an activating group) is 1. The average Bonchev–Trinajstić information content (AvgIpc) is 3.18. The maximum Gasteiger partial charge on any atom is 0.318 e. The molecule has 2 N–H and O–H groups in total. The van der Waals surface area contributed by atoms with E-state index in [2.05, 4.69) is 15.0 Å². The molecule has 2 saturated heterocycles. The van der Waals surface area contributed by atoms with Crippen LogP contribution in [0.15, 0.2) is 11.2 Å². The van der Waals surface area contributed by atoms with Gasteiger partial charge in [0.05, 0.1) is 4.92 Å². The van der Waals surface area contributed by atoms with E-state index in [4.69, 9.17) is 19.9 Å². The van der Waals surface area contributed by atoms with Crippen molar-refractivity contribution in [2.75, 3.05) is 40.0 Å². The van der Waals surface area contributed by atoms with Crippen molar-refractivity contribution in [3.8, 4) is 0 Å². The fourth-order valence-corrected chi connectivity index (χ4v) is 4.05. The molecule has 0 bridgehead atoms. The van der Waals surface area contributed by atoms with E-state index < -0.39 is 16.8 Å². The van der Waals surface area contributed by atoms with E-state index in [1.54, 1.807) is 0 Å². The fourth-order valence-electron chi connectivity index (χ4n) is 4.05. The van der Waals surface area contributed by atoms with Crippen molar-refractivity contribution in [3.63, 3.8) is 0 Å². The van der Waals surface area contributed by atoms with Crippen LogP contribution >= 0.6 is 0 Å². The van der Waals surface area contributed by atoms with Crippen LogP contribution in [-0.4, -0.2) is 77.2 Å². The van der Waals surface area contributed by atoms with Gasteiger partial charge in [-0.05, 0) is 40.2 Å². The Morgan fingerprint density at radius 2 is 2.17 bits per heavy atom. The molecule has 2 atom stereocenters. The molecule has 0 saturated carbocycles. The van der Waals surface area contributed by atoms with Crippen molar-refractivity contribution < 1.29 is 19.1 Å². The average molecular weight is 425 g/mol. The molecule has 2 unspecified atom stereocenters. The van der Waals surface area contributed by atoms with E-state index >= 15 is 0 Å². The number of hydrogen-bond donors (Lipinski definition) is 1. The molecular formula is C19H32N6O5. The Morgan fingerprint density at radius 3 is 2.77 bits per heavy atom. The van der Waals surface area contributed by atoms with E-state index in [1.165, 1.54) is 10.9 Å². The standard InChI is InChI=1S/C19H32N6O5/c1-4-29-19(30-5-2)9-10-23(3)13-15(19)21-18(20)17-14(25(26)27)12-24(22-17)16-8-6-7-11-28-16/h12,15-16H,4-11,13H2,1-3H3,(H2,20,21). The van der Waals surface area contributed by atoms with Crippen molar-refractivity contribution in [1.82, 2.24) is 14.7 Å². The van der Waals surface area contributed by atoms with Gasteiger partial charge in [0.15, 0.2) is 11.6 Å². The van der Waals surface area contributed by atoms with Crippen LogP contribution in [0, 0.1) is 10.1 Å². The van der Waals surface area contributed by atoms with Crippen LogP contribution in [0.1, 0.15) is 51.5 Å². The normalized spacial score (nSPS) is 25.4. The molecule has 11 heteroatoms. The van der Waals surface area contributed by atoms with Crippen LogP contribution < -0.4 is 5.73 Å². The van der Waals surface area contributed by atoms with E-state index in [-0.39, 0.29) is 23.4 Å². The highest BCUT2D eigenvalue weighted by Crippen LogP contribution is 2.31. The first-order valence-corrected chi connectivity index (χ1v) is 10.6. The van der Waals surface area contributed by atoms with E-state index in [1.807, 2.05) is 20.9 Å². The minimum atomic E-state index is -0.912. The topological polar surface area (TPSA) is 130 Å². The summed E-state index contributed by atoms with van der Waals surface area (Å²) in [7, 11) is 1.98. The maximum absolute atomic E-state index is 11.6. The summed E-state index contributed by atoms with van der Waals surface area (Å²) in [5.41, 5.74) is 6.12. The third-order valence-corrected chi connectivity index (χ3v) is 5.51. The molecular weight excluding hydrogens is 392 g/mol. The summed E-state index contributed by atoms with van der Waals surface area (Å²) in [4.78, 5) is 17.9. The van der Waals surface area contributed by atoms with E-state index in [0.717, 1.165) is 25.8 Å². The molecule has 1 aromatic rings. The number of ether oxygens (including phenoxy) is 3. The number of likely N-dealkylation sites (tertiary alicyclic amines) is 1. The molecule has 30 heavy (non-hydrogen) atoms. The summed E-state index contributed by atoms with van der Waals surface area (Å²) in [6.45, 7) is 6.68. The summed E-state index contributed by atoms with van der Waals surface area (Å²) < 4.78 is 19.2. The number of rotatable bonds is 8. The van der Waals surface area contributed by atoms with Gasteiger partial charge in [0.2, 0.25) is 5.69 Å². The highest BCUT2D eigenvalue weighted by Gasteiger charge is 2.45. The van der Waals surface area contributed by atoms with Gasteiger partial charge in [0, 0.05) is 39.3 Å². The smallest absolute Gasteiger partial charge is 0.318 e. The largest absolute Gasteiger partial charge is 0.382 e. The molecule has 2 fully saturated rings. The SMILES string of the molecule is CCOC1(OCC)CCN(C)CC1N=C(N)c1nn(C2CCCCO2)cc1[N+](=O)[O-]. The van der Waals surface area contributed by atoms with Gasteiger partial charge < -0.3 is 24.8 Å². The lowest BCUT2D eigenvalue weighted by Gasteiger charge is -2.44. The summed E-state index contributed by atoms with van der Waals surface area (Å²) >= 11 is 0. The zero-order valence-electron chi connectivity index (χ0n) is 18.0. The lowest BCUT2D eigenvalue weighted by atomic mass is 9.98. The molecule has 0 radical (unpaired) electrons. The Morgan fingerprint density at radius 1 is 1.43 bits per heavy atom. The van der Waals surface area contributed by atoms with Crippen LogP contribution in [-0.2, 0) is 14.2 Å². The number of nitrogens with zero attached hydrogens (tertiary/aromatic N) is 5. The molecule has 0 amide bonds. The minimum Gasteiger partial charge on any atom is -0.382 e. The summed E-state index contributed by atoms with van der Waals surface area (Å²) in [6, 6.07) is -0.438. The highest BCUT2D eigenvalue weighted by molar-refractivity contribution is 5.99. The predicted octanol–water partition coefficient (Wildman–Crippen LogP) is 1.67. The predicted molar refractivity (Wildman–Crippen MR) is 110 cm³/mol. The van der Waals surface area contributed by atoms with Crippen LogP contribution in [0.3, 0.4) is 0 Å². The number of nitrogens with two attached hydrogens (primary N) is 1. The molecule has 1 aromatic heterocycles. The Bertz CT molecular complexity index is 755. The number of aliphatic imine (C=N–C) groups is 1. The van der Waals surface area contributed by atoms with Crippen LogP contribution in [0.5, 0.6) is 0 Å². The number of amidine groups is 1. The zero-order chi connectivity index (χ0) is 21.7. The second kappa shape index (κ2) is 9.82. The molecule has 2 aliphatic rings. The third kappa shape index (κ3) is 4.80. The number of hydrogen-bond acceptors (Lipinski definition) is 8. The number of piperidine rings is 1.